The number of methoxy groups -OCH3 is 3. The van der Waals surface area contributed by atoms with Gasteiger partial charge >= 0.3 is 0 Å². The highest BCUT2D eigenvalue weighted by Crippen LogP contribution is 2.48. The van der Waals surface area contributed by atoms with E-state index < -0.39 is 0 Å². The van der Waals surface area contributed by atoms with E-state index in [4.69, 9.17) is 23.7 Å². The molecule has 0 saturated carbocycles. The Kier molecular flexibility index (Phi) is 9.06. The highest BCUT2D eigenvalue weighted by molar-refractivity contribution is 5.61. The van der Waals surface area contributed by atoms with E-state index >= 15 is 0 Å². The molecule has 188 valence electrons. The molecule has 0 saturated heterocycles. The van der Waals surface area contributed by atoms with Crippen molar-refractivity contribution in [3.05, 3.63) is 97.1 Å². The van der Waals surface area contributed by atoms with Gasteiger partial charge in [-0.2, -0.15) is 0 Å². The summed E-state index contributed by atoms with van der Waals surface area (Å²) in [7, 11) is 4.61. The van der Waals surface area contributed by atoms with Gasteiger partial charge in [0.05, 0.1) is 21.3 Å². The van der Waals surface area contributed by atoms with Crippen LogP contribution in [0.3, 0.4) is 0 Å². The third kappa shape index (κ3) is 6.02. The van der Waals surface area contributed by atoms with Crippen LogP contribution in [-0.2, 0) is 19.3 Å². The van der Waals surface area contributed by atoms with Crippen molar-refractivity contribution >= 4 is 0 Å². The Balaban J connectivity index is 2.14. The minimum atomic E-state index is -0.139. The van der Waals surface area contributed by atoms with Crippen molar-refractivity contribution in [2.45, 2.75) is 19.3 Å². The van der Waals surface area contributed by atoms with Gasteiger partial charge in [0.2, 0.25) is 11.5 Å². The first-order valence-corrected chi connectivity index (χ1v) is 11.4. The largest absolute Gasteiger partial charge is 0.502 e. The molecule has 36 heavy (non-hydrogen) atoms. The van der Waals surface area contributed by atoms with E-state index in [1.54, 1.807) is 38.5 Å². The summed E-state index contributed by atoms with van der Waals surface area (Å²) in [6, 6.07) is 12.8. The third-order valence-electron chi connectivity index (χ3n) is 5.42. The molecule has 0 unspecified atom stereocenters. The molecule has 0 aliphatic carbocycles. The molecule has 0 aromatic heterocycles. The molecule has 1 N–H and O–H groups in total. The summed E-state index contributed by atoms with van der Waals surface area (Å²) in [6.45, 7) is 11.4. The standard InChI is InChI=1S/C30H32O6/c1-7-10-20-13-14-23(24(15-20)32-4)35-28-19-22(12-9-3)18-27(34-6)30(28)36-26-17-21(11-8-2)16-25(33-5)29(26)31/h7-9,13-19,31H,1-3,10-12H2,4-6H3. The summed E-state index contributed by atoms with van der Waals surface area (Å²) in [5.41, 5.74) is 2.81. The highest BCUT2D eigenvalue weighted by atomic mass is 16.6. The van der Waals surface area contributed by atoms with E-state index in [0.717, 1.165) is 16.7 Å². The minimum Gasteiger partial charge on any atom is -0.502 e. The predicted octanol–water partition coefficient (Wildman–Crippen LogP) is 7.19. The van der Waals surface area contributed by atoms with Crippen LogP contribution < -0.4 is 23.7 Å². The van der Waals surface area contributed by atoms with Gasteiger partial charge in [0.1, 0.15) is 0 Å². The van der Waals surface area contributed by atoms with Crippen LogP contribution in [0.15, 0.2) is 80.4 Å². The van der Waals surface area contributed by atoms with Crippen molar-refractivity contribution in [2.75, 3.05) is 21.3 Å². The average Bonchev–Trinajstić information content (AvgIpc) is 2.88. The number of phenolic OH excluding ortho intramolecular Hbond substituents is 1. The first kappa shape index (κ1) is 26.3. The van der Waals surface area contributed by atoms with Crippen LogP contribution in [-0.4, -0.2) is 26.4 Å². The lowest BCUT2D eigenvalue weighted by Gasteiger charge is -2.19. The molecule has 0 aliphatic rings. The maximum atomic E-state index is 10.8. The van der Waals surface area contributed by atoms with Crippen molar-refractivity contribution in [3.8, 4) is 46.0 Å². The number of phenols is 1. The normalized spacial score (nSPS) is 10.3. The molecule has 6 heteroatoms. The average molecular weight is 489 g/mol. The van der Waals surface area contributed by atoms with Crippen LogP contribution in [0.4, 0.5) is 0 Å². The van der Waals surface area contributed by atoms with Crippen LogP contribution >= 0.6 is 0 Å². The van der Waals surface area contributed by atoms with Gasteiger partial charge in [-0.1, -0.05) is 24.3 Å². The monoisotopic (exact) mass is 488 g/mol. The Morgan fingerprint density at radius 1 is 0.583 bits per heavy atom. The molecule has 0 bridgehead atoms. The molecule has 3 aromatic rings. The summed E-state index contributed by atoms with van der Waals surface area (Å²) in [5.74, 6) is 2.50. The Hall–Kier alpha value is -4.32. The zero-order valence-electron chi connectivity index (χ0n) is 21.0. The Morgan fingerprint density at radius 3 is 1.67 bits per heavy atom. The second-order valence-electron chi connectivity index (χ2n) is 7.94. The number of benzene rings is 3. The quantitative estimate of drug-likeness (QED) is 0.257. The van der Waals surface area contributed by atoms with E-state index in [2.05, 4.69) is 19.7 Å². The fraction of sp³-hybridized carbons (Fsp3) is 0.200. The predicted molar refractivity (Wildman–Crippen MR) is 142 cm³/mol. The molecular formula is C30H32O6. The molecule has 3 rings (SSSR count). The lowest BCUT2D eigenvalue weighted by atomic mass is 10.1. The number of allylic oxidation sites excluding steroid dienone is 3. The van der Waals surface area contributed by atoms with Crippen LogP contribution in [0.25, 0.3) is 0 Å². The van der Waals surface area contributed by atoms with Gasteiger partial charge in [-0.3, -0.25) is 0 Å². The van der Waals surface area contributed by atoms with Crippen LogP contribution in [0, 0.1) is 0 Å². The SMILES string of the molecule is C=CCc1ccc(Oc2cc(CC=C)cc(OC)c2Oc2cc(CC=C)cc(OC)c2O)c(OC)c1. The van der Waals surface area contributed by atoms with Gasteiger partial charge in [-0.05, 0) is 72.4 Å². The molecule has 0 atom stereocenters. The first-order valence-electron chi connectivity index (χ1n) is 11.4. The highest BCUT2D eigenvalue weighted by Gasteiger charge is 2.21. The van der Waals surface area contributed by atoms with Gasteiger partial charge < -0.3 is 28.8 Å². The first-order chi connectivity index (χ1) is 17.5. The van der Waals surface area contributed by atoms with Gasteiger partial charge in [0, 0.05) is 0 Å². The van der Waals surface area contributed by atoms with Crippen LogP contribution in [0.1, 0.15) is 16.7 Å². The topological polar surface area (TPSA) is 66.4 Å². The summed E-state index contributed by atoms with van der Waals surface area (Å²) in [5, 5.41) is 10.8. The third-order valence-corrected chi connectivity index (χ3v) is 5.42. The fourth-order valence-corrected chi connectivity index (χ4v) is 3.72. The molecule has 0 fully saturated rings. The van der Waals surface area contributed by atoms with Gasteiger partial charge in [-0.15, -0.1) is 19.7 Å². The van der Waals surface area contributed by atoms with E-state index in [-0.39, 0.29) is 23.0 Å². The molecule has 0 heterocycles. The number of hydrogen-bond donors (Lipinski definition) is 1. The second kappa shape index (κ2) is 12.4. The molecule has 0 amide bonds. The van der Waals surface area contributed by atoms with E-state index in [1.807, 2.05) is 36.4 Å². The van der Waals surface area contributed by atoms with Crippen LogP contribution in [0.2, 0.25) is 0 Å². The Bertz CT molecular complexity index is 1240. The zero-order valence-corrected chi connectivity index (χ0v) is 21.0. The number of rotatable bonds is 13. The van der Waals surface area contributed by atoms with E-state index in [9.17, 15) is 5.11 Å². The van der Waals surface area contributed by atoms with Crippen molar-refractivity contribution in [1.82, 2.24) is 0 Å². The smallest absolute Gasteiger partial charge is 0.211 e. The minimum absolute atomic E-state index is 0.139. The number of ether oxygens (including phenoxy) is 5. The maximum absolute atomic E-state index is 10.8. The second-order valence-corrected chi connectivity index (χ2v) is 7.94. The molecular weight excluding hydrogens is 456 g/mol. The molecule has 3 aromatic carbocycles. The fourth-order valence-electron chi connectivity index (χ4n) is 3.72. The van der Waals surface area contributed by atoms with Gasteiger partial charge in [0.15, 0.2) is 34.5 Å². The van der Waals surface area contributed by atoms with Crippen molar-refractivity contribution < 1.29 is 28.8 Å². The molecule has 0 radical (unpaired) electrons. The van der Waals surface area contributed by atoms with Gasteiger partial charge in [0.25, 0.3) is 0 Å². The summed E-state index contributed by atoms with van der Waals surface area (Å²) < 4.78 is 29.1. The van der Waals surface area contributed by atoms with Crippen molar-refractivity contribution in [1.29, 1.82) is 0 Å². The van der Waals surface area contributed by atoms with E-state index in [0.29, 0.717) is 42.3 Å². The number of hydrogen-bond acceptors (Lipinski definition) is 6. The molecule has 0 aliphatic heterocycles. The van der Waals surface area contributed by atoms with E-state index in [1.165, 1.54) is 7.11 Å². The van der Waals surface area contributed by atoms with Crippen molar-refractivity contribution in [3.63, 3.8) is 0 Å². The Morgan fingerprint density at radius 2 is 1.08 bits per heavy atom. The van der Waals surface area contributed by atoms with Crippen LogP contribution in [0.5, 0.6) is 46.0 Å². The molecule has 6 nitrogen and oxygen atoms in total. The lowest BCUT2D eigenvalue weighted by Crippen LogP contribution is -1.99. The summed E-state index contributed by atoms with van der Waals surface area (Å²) in [6.07, 6.45) is 7.24. The zero-order chi connectivity index (χ0) is 26.1. The van der Waals surface area contributed by atoms with Gasteiger partial charge in [-0.25, -0.2) is 0 Å². The molecule has 0 spiro atoms. The number of aromatic hydroxyl groups is 1. The lowest BCUT2D eigenvalue weighted by molar-refractivity contribution is 0.330. The summed E-state index contributed by atoms with van der Waals surface area (Å²) in [4.78, 5) is 0. The summed E-state index contributed by atoms with van der Waals surface area (Å²) >= 11 is 0. The Labute approximate surface area is 212 Å². The van der Waals surface area contributed by atoms with Crippen molar-refractivity contribution in [2.24, 2.45) is 0 Å². The maximum Gasteiger partial charge on any atom is 0.211 e.